The molecule has 1 heterocycles. The molecule has 26 heavy (non-hydrogen) atoms. The van der Waals surface area contributed by atoms with E-state index in [2.05, 4.69) is 6.92 Å². The normalized spacial score (nSPS) is 17.3. The highest BCUT2D eigenvalue weighted by Crippen LogP contribution is 2.11. The van der Waals surface area contributed by atoms with Crippen LogP contribution < -0.4 is 0 Å². The lowest BCUT2D eigenvalue weighted by molar-refractivity contribution is -0.144. The van der Waals surface area contributed by atoms with Crippen molar-refractivity contribution in [2.45, 2.75) is 84.0 Å². The largest absolute Gasteiger partial charge is 0.466 e. The van der Waals surface area contributed by atoms with E-state index in [0.717, 1.165) is 12.8 Å². The fourth-order valence-electron chi connectivity index (χ4n) is 3.25. The number of sulfone groups is 1. The van der Waals surface area contributed by atoms with E-state index in [9.17, 15) is 13.2 Å². The molecule has 0 aromatic carbocycles. The molecule has 0 unspecified atom stereocenters. The average molecular weight is 390 g/mol. The fraction of sp³-hybridized carbons (Fsp3) is 0.950. The molecule has 1 aliphatic heterocycles. The molecule has 0 spiro atoms. The third-order valence-electron chi connectivity index (χ3n) is 5.08. The maximum atomic E-state index is 11.7. The second-order valence-electron chi connectivity index (χ2n) is 7.50. The molecule has 0 aromatic heterocycles. The van der Waals surface area contributed by atoms with Crippen molar-refractivity contribution >= 4 is 15.8 Å². The van der Waals surface area contributed by atoms with E-state index in [0.29, 0.717) is 32.7 Å². The van der Waals surface area contributed by atoms with Gasteiger partial charge in [0.1, 0.15) is 0 Å². The minimum Gasteiger partial charge on any atom is -0.466 e. The van der Waals surface area contributed by atoms with Crippen molar-refractivity contribution in [3.05, 3.63) is 0 Å². The van der Waals surface area contributed by atoms with Gasteiger partial charge in [0.15, 0.2) is 9.84 Å². The number of carbonyl (C=O) groups excluding carboxylic acids is 1. The van der Waals surface area contributed by atoms with Gasteiger partial charge >= 0.3 is 5.97 Å². The van der Waals surface area contributed by atoms with Gasteiger partial charge in [0, 0.05) is 19.6 Å². The topological polar surface area (TPSA) is 63.7 Å². The molecule has 1 aliphatic rings. The van der Waals surface area contributed by atoms with Crippen LogP contribution in [0.4, 0.5) is 0 Å². The summed E-state index contributed by atoms with van der Waals surface area (Å²) in [5.41, 5.74) is 0. The molecule has 0 atom stereocenters. The van der Waals surface area contributed by atoms with Crippen LogP contribution in [0.3, 0.4) is 0 Å². The van der Waals surface area contributed by atoms with Crippen LogP contribution in [-0.2, 0) is 19.4 Å². The minimum atomic E-state index is -2.85. The number of ether oxygens (including phenoxy) is 1. The Morgan fingerprint density at radius 2 is 1.35 bits per heavy atom. The predicted molar refractivity (Wildman–Crippen MR) is 107 cm³/mol. The summed E-state index contributed by atoms with van der Waals surface area (Å²) in [5.74, 6) is 0.257. The second-order valence-corrected chi connectivity index (χ2v) is 9.80. The Balaban J connectivity index is 1.84. The van der Waals surface area contributed by atoms with Crippen molar-refractivity contribution in [2.24, 2.45) is 0 Å². The van der Waals surface area contributed by atoms with Crippen molar-refractivity contribution in [3.63, 3.8) is 0 Å². The van der Waals surface area contributed by atoms with E-state index in [1.165, 1.54) is 57.8 Å². The summed E-state index contributed by atoms with van der Waals surface area (Å²) in [5, 5.41) is 0. The lowest BCUT2D eigenvalue weighted by Crippen LogP contribution is -2.41. The van der Waals surface area contributed by atoms with Crippen molar-refractivity contribution in [3.8, 4) is 0 Å². The van der Waals surface area contributed by atoms with Gasteiger partial charge in [0.2, 0.25) is 0 Å². The molecule has 154 valence electrons. The van der Waals surface area contributed by atoms with Crippen molar-refractivity contribution in [1.82, 2.24) is 4.90 Å². The van der Waals surface area contributed by atoms with E-state index < -0.39 is 9.84 Å². The molecule has 1 saturated heterocycles. The predicted octanol–water partition coefficient (Wildman–Crippen LogP) is 3.96. The van der Waals surface area contributed by atoms with E-state index in [-0.39, 0.29) is 17.5 Å². The van der Waals surface area contributed by atoms with Gasteiger partial charge in [-0.1, -0.05) is 71.1 Å². The Morgan fingerprint density at radius 3 is 1.88 bits per heavy atom. The van der Waals surface area contributed by atoms with E-state index in [1.807, 2.05) is 4.90 Å². The first-order chi connectivity index (χ1) is 12.5. The lowest BCUT2D eigenvalue weighted by Gasteiger charge is -2.25. The lowest BCUT2D eigenvalue weighted by atomic mass is 10.1. The van der Waals surface area contributed by atoms with E-state index in [4.69, 9.17) is 4.74 Å². The van der Waals surface area contributed by atoms with Crippen LogP contribution in [0.5, 0.6) is 0 Å². The summed E-state index contributed by atoms with van der Waals surface area (Å²) in [7, 11) is -2.85. The number of nitrogens with zero attached hydrogens (tertiary/aromatic N) is 1. The quantitative estimate of drug-likeness (QED) is 0.313. The number of esters is 1. The average Bonchev–Trinajstić information content (AvgIpc) is 2.61. The van der Waals surface area contributed by atoms with Crippen LogP contribution in [0, 0.1) is 0 Å². The maximum Gasteiger partial charge on any atom is 0.307 e. The Bertz CT molecular complexity index is 450. The smallest absolute Gasteiger partial charge is 0.307 e. The van der Waals surface area contributed by atoms with Crippen molar-refractivity contribution < 1.29 is 17.9 Å². The van der Waals surface area contributed by atoms with Crippen LogP contribution in [0.15, 0.2) is 0 Å². The molecule has 5 nitrogen and oxygen atoms in total. The molecule has 6 heteroatoms. The van der Waals surface area contributed by atoms with Crippen LogP contribution in [0.1, 0.15) is 84.0 Å². The highest BCUT2D eigenvalue weighted by molar-refractivity contribution is 7.91. The Labute approximate surface area is 160 Å². The molecule has 1 fully saturated rings. The summed E-state index contributed by atoms with van der Waals surface area (Å²) >= 11 is 0. The molecular formula is C20H39NO4S. The summed E-state index contributed by atoms with van der Waals surface area (Å²) in [6, 6.07) is 0. The van der Waals surface area contributed by atoms with Gasteiger partial charge < -0.3 is 9.64 Å². The number of rotatable bonds is 15. The highest BCUT2D eigenvalue weighted by atomic mass is 32.2. The number of unbranched alkanes of at least 4 members (excludes halogenated alkanes) is 10. The van der Waals surface area contributed by atoms with Crippen LogP contribution in [-0.4, -0.2) is 57.0 Å². The molecule has 0 amide bonds. The summed E-state index contributed by atoms with van der Waals surface area (Å²) in [6.07, 6.45) is 14.5. The number of hydrogen-bond acceptors (Lipinski definition) is 5. The van der Waals surface area contributed by atoms with Gasteiger partial charge in [-0.2, -0.15) is 0 Å². The number of carbonyl (C=O) groups is 1. The highest BCUT2D eigenvalue weighted by Gasteiger charge is 2.21. The zero-order chi connectivity index (χ0) is 19.1. The zero-order valence-corrected chi connectivity index (χ0v) is 17.5. The second kappa shape index (κ2) is 14.4. The fourth-order valence-corrected chi connectivity index (χ4v) is 4.52. The summed E-state index contributed by atoms with van der Waals surface area (Å²) in [4.78, 5) is 13.8. The van der Waals surface area contributed by atoms with Crippen LogP contribution in [0.25, 0.3) is 0 Å². The standard InChI is InChI=1S/C20H39NO4S/c1-2-3-4-5-6-7-8-9-10-11-12-17-25-20(22)13-14-21-15-18-26(23,24)19-16-21/h2-19H2,1H3. The van der Waals surface area contributed by atoms with Gasteiger partial charge in [-0.25, -0.2) is 8.42 Å². The van der Waals surface area contributed by atoms with E-state index in [1.54, 1.807) is 0 Å². The first-order valence-electron chi connectivity index (χ1n) is 10.6. The SMILES string of the molecule is CCCCCCCCCCCCCOC(=O)CCN1CCS(=O)(=O)CC1. The van der Waals surface area contributed by atoms with Gasteiger partial charge in [0.05, 0.1) is 24.5 Å². The summed E-state index contributed by atoms with van der Waals surface area (Å²) < 4.78 is 28.0. The molecule has 0 radical (unpaired) electrons. The molecular weight excluding hydrogens is 350 g/mol. The van der Waals surface area contributed by atoms with Crippen molar-refractivity contribution in [1.29, 1.82) is 0 Å². The first kappa shape index (κ1) is 23.4. The zero-order valence-electron chi connectivity index (χ0n) is 16.7. The van der Waals surface area contributed by atoms with Gasteiger partial charge in [-0.05, 0) is 6.42 Å². The Kier molecular flexibility index (Phi) is 13.0. The van der Waals surface area contributed by atoms with Gasteiger partial charge in [0.25, 0.3) is 0 Å². The first-order valence-corrected chi connectivity index (χ1v) is 12.4. The molecule has 0 N–H and O–H groups in total. The molecule has 0 bridgehead atoms. The van der Waals surface area contributed by atoms with E-state index >= 15 is 0 Å². The van der Waals surface area contributed by atoms with Gasteiger partial charge in [-0.3, -0.25) is 4.79 Å². The molecule has 1 rings (SSSR count). The van der Waals surface area contributed by atoms with Crippen LogP contribution in [0.2, 0.25) is 0 Å². The monoisotopic (exact) mass is 389 g/mol. The minimum absolute atomic E-state index is 0.162. The molecule has 0 aromatic rings. The third-order valence-corrected chi connectivity index (χ3v) is 6.69. The number of hydrogen-bond donors (Lipinski definition) is 0. The molecule has 0 aliphatic carbocycles. The Morgan fingerprint density at radius 1 is 0.846 bits per heavy atom. The summed E-state index contributed by atoms with van der Waals surface area (Å²) in [6.45, 7) is 4.44. The maximum absolute atomic E-state index is 11.7. The molecule has 0 saturated carbocycles. The third kappa shape index (κ3) is 12.7. The Hall–Kier alpha value is -0.620. The van der Waals surface area contributed by atoms with Gasteiger partial charge in [-0.15, -0.1) is 0 Å². The van der Waals surface area contributed by atoms with Crippen molar-refractivity contribution in [2.75, 3.05) is 37.7 Å². The van der Waals surface area contributed by atoms with Crippen LogP contribution >= 0.6 is 0 Å².